The first kappa shape index (κ1) is 19.0. The molecular weight excluding hydrogens is 372 g/mol. The fourth-order valence-corrected chi connectivity index (χ4v) is 3.31. The molecule has 0 N–H and O–H groups in total. The maximum atomic E-state index is 12.6. The standard InChI is InChI=1S/C21H24N4O4/c1-24(2)19-8-9-20(23-22-19)29-16-4-3-11-25(13-16)21(26)10-6-15-5-7-17-18(12-15)28-14-27-17/h5-10,12,16H,3-4,11,13-14H2,1-2H3/b10-6+. The zero-order chi connectivity index (χ0) is 20.2. The topological polar surface area (TPSA) is 77.0 Å². The van der Waals surface area contributed by atoms with Crippen molar-refractivity contribution in [2.24, 2.45) is 0 Å². The van der Waals surface area contributed by atoms with Crippen molar-refractivity contribution in [1.29, 1.82) is 0 Å². The van der Waals surface area contributed by atoms with Gasteiger partial charge in [0.05, 0.1) is 6.54 Å². The van der Waals surface area contributed by atoms with Crippen molar-refractivity contribution in [3.8, 4) is 17.4 Å². The second-order valence-electron chi connectivity index (χ2n) is 7.24. The summed E-state index contributed by atoms with van der Waals surface area (Å²) in [5.41, 5.74) is 0.892. The molecule has 1 aromatic carbocycles. The Bertz CT molecular complexity index is 898. The summed E-state index contributed by atoms with van der Waals surface area (Å²) < 4.78 is 16.6. The molecule has 29 heavy (non-hydrogen) atoms. The Morgan fingerprint density at radius 3 is 2.86 bits per heavy atom. The molecule has 1 aromatic heterocycles. The van der Waals surface area contributed by atoms with Gasteiger partial charge in [0.25, 0.3) is 0 Å². The molecule has 2 aromatic rings. The van der Waals surface area contributed by atoms with Crippen LogP contribution < -0.4 is 19.1 Å². The van der Waals surface area contributed by atoms with Gasteiger partial charge in [-0.15, -0.1) is 10.2 Å². The summed E-state index contributed by atoms with van der Waals surface area (Å²) in [6, 6.07) is 9.28. The quantitative estimate of drug-likeness (QED) is 0.718. The van der Waals surface area contributed by atoms with E-state index in [-0.39, 0.29) is 18.8 Å². The molecule has 0 spiro atoms. The normalized spacial score (nSPS) is 18.1. The first-order valence-corrected chi connectivity index (χ1v) is 9.63. The van der Waals surface area contributed by atoms with Crippen LogP contribution in [0.15, 0.2) is 36.4 Å². The Kier molecular flexibility index (Phi) is 5.50. The summed E-state index contributed by atoms with van der Waals surface area (Å²) >= 11 is 0. The average Bonchev–Trinajstić information content (AvgIpc) is 3.20. The van der Waals surface area contributed by atoms with Crippen LogP contribution in [0.25, 0.3) is 6.08 Å². The van der Waals surface area contributed by atoms with Crippen LogP contribution in [0.4, 0.5) is 5.82 Å². The van der Waals surface area contributed by atoms with Gasteiger partial charge in [0.15, 0.2) is 17.3 Å². The van der Waals surface area contributed by atoms with E-state index in [9.17, 15) is 4.79 Å². The molecular formula is C21H24N4O4. The van der Waals surface area contributed by atoms with Gasteiger partial charge in [-0.2, -0.15) is 0 Å². The monoisotopic (exact) mass is 396 g/mol. The predicted octanol–water partition coefficient (Wildman–Crippen LogP) is 2.35. The number of aromatic nitrogens is 2. The summed E-state index contributed by atoms with van der Waals surface area (Å²) in [6.07, 6.45) is 5.06. The molecule has 8 heteroatoms. The molecule has 8 nitrogen and oxygen atoms in total. The molecule has 0 aliphatic carbocycles. The summed E-state index contributed by atoms with van der Waals surface area (Å²) in [5, 5.41) is 8.24. The van der Waals surface area contributed by atoms with Crippen LogP contribution in [0.3, 0.4) is 0 Å². The van der Waals surface area contributed by atoms with E-state index in [4.69, 9.17) is 14.2 Å². The van der Waals surface area contributed by atoms with Crippen LogP contribution in [0.5, 0.6) is 17.4 Å². The van der Waals surface area contributed by atoms with Crippen molar-refractivity contribution in [2.75, 3.05) is 38.9 Å². The largest absolute Gasteiger partial charge is 0.471 e. The smallest absolute Gasteiger partial charge is 0.246 e. The van der Waals surface area contributed by atoms with Crippen LogP contribution in [-0.2, 0) is 4.79 Å². The number of nitrogens with zero attached hydrogens (tertiary/aromatic N) is 4. The lowest BCUT2D eigenvalue weighted by molar-refractivity contribution is -0.128. The summed E-state index contributed by atoms with van der Waals surface area (Å²) in [4.78, 5) is 16.3. The molecule has 0 bridgehead atoms. The molecule has 1 amide bonds. The van der Waals surface area contributed by atoms with Crippen molar-refractivity contribution in [1.82, 2.24) is 15.1 Å². The number of fused-ring (bicyclic) bond motifs is 1. The molecule has 2 aliphatic heterocycles. The third-order valence-corrected chi connectivity index (χ3v) is 4.88. The molecule has 0 radical (unpaired) electrons. The summed E-state index contributed by atoms with van der Waals surface area (Å²) in [5.74, 6) is 2.64. The maximum Gasteiger partial charge on any atom is 0.246 e. The Hall–Kier alpha value is -3.29. The van der Waals surface area contributed by atoms with Gasteiger partial charge >= 0.3 is 0 Å². The Morgan fingerprint density at radius 2 is 2.07 bits per heavy atom. The highest BCUT2D eigenvalue weighted by Gasteiger charge is 2.24. The minimum atomic E-state index is -0.0915. The minimum absolute atomic E-state index is 0.0370. The number of benzene rings is 1. The number of hydrogen-bond donors (Lipinski definition) is 0. The second-order valence-corrected chi connectivity index (χ2v) is 7.24. The first-order valence-electron chi connectivity index (χ1n) is 9.63. The Morgan fingerprint density at radius 1 is 1.21 bits per heavy atom. The van der Waals surface area contributed by atoms with Crippen LogP contribution in [0.1, 0.15) is 18.4 Å². The van der Waals surface area contributed by atoms with Crippen molar-refractivity contribution in [3.05, 3.63) is 42.0 Å². The van der Waals surface area contributed by atoms with Gasteiger partial charge in [-0.3, -0.25) is 4.79 Å². The van der Waals surface area contributed by atoms with Gasteiger partial charge in [-0.25, -0.2) is 0 Å². The highest BCUT2D eigenvalue weighted by molar-refractivity contribution is 5.92. The zero-order valence-corrected chi connectivity index (χ0v) is 16.6. The number of piperidine rings is 1. The molecule has 1 atom stereocenters. The lowest BCUT2D eigenvalue weighted by atomic mass is 10.1. The fraction of sp³-hybridized carbons (Fsp3) is 0.381. The lowest BCUT2D eigenvalue weighted by Gasteiger charge is -2.31. The SMILES string of the molecule is CN(C)c1ccc(OC2CCCN(C(=O)/C=C/c3ccc4c(c3)OCO4)C2)nn1. The molecule has 1 unspecified atom stereocenters. The predicted molar refractivity (Wildman–Crippen MR) is 108 cm³/mol. The van der Waals surface area contributed by atoms with Crippen molar-refractivity contribution in [2.45, 2.75) is 18.9 Å². The lowest BCUT2D eigenvalue weighted by Crippen LogP contribution is -2.43. The van der Waals surface area contributed by atoms with Crippen LogP contribution in [0, 0.1) is 0 Å². The number of carbonyl (C=O) groups is 1. The second kappa shape index (κ2) is 8.38. The summed E-state index contributed by atoms with van der Waals surface area (Å²) in [6.45, 7) is 1.48. The third-order valence-electron chi connectivity index (χ3n) is 4.88. The van der Waals surface area contributed by atoms with Gasteiger partial charge in [-0.05, 0) is 42.7 Å². The number of anilines is 1. The summed E-state index contributed by atoms with van der Waals surface area (Å²) in [7, 11) is 3.82. The van der Waals surface area contributed by atoms with E-state index >= 15 is 0 Å². The number of hydrogen-bond acceptors (Lipinski definition) is 7. The highest BCUT2D eigenvalue weighted by atomic mass is 16.7. The van der Waals surface area contributed by atoms with E-state index in [1.54, 1.807) is 17.1 Å². The van der Waals surface area contributed by atoms with E-state index in [1.807, 2.05) is 49.3 Å². The van der Waals surface area contributed by atoms with Gasteiger partial charge in [-0.1, -0.05) is 6.07 Å². The van der Waals surface area contributed by atoms with E-state index in [1.165, 1.54) is 0 Å². The Labute approximate surface area is 169 Å². The van der Waals surface area contributed by atoms with Gasteiger partial charge in [0.2, 0.25) is 18.6 Å². The Balaban J connectivity index is 1.34. The number of carbonyl (C=O) groups excluding carboxylic acids is 1. The molecule has 2 aliphatic rings. The molecule has 3 heterocycles. The van der Waals surface area contributed by atoms with Gasteiger partial charge < -0.3 is 24.0 Å². The van der Waals surface area contributed by atoms with E-state index < -0.39 is 0 Å². The fourth-order valence-electron chi connectivity index (χ4n) is 3.31. The number of rotatable bonds is 5. The van der Waals surface area contributed by atoms with Crippen molar-refractivity contribution in [3.63, 3.8) is 0 Å². The molecule has 4 rings (SSSR count). The molecule has 1 fully saturated rings. The van der Waals surface area contributed by atoms with Crippen LogP contribution in [-0.4, -0.2) is 61.1 Å². The van der Waals surface area contributed by atoms with Gasteiger partial charge in [0, 0.05) is 32.8 Å². The van der Waals surface area contributed by atoms with E-state index in [0.717, 1.165) is 36.5 Å². The maximum absolute atomic E-state index is 12.6. The van der Waals surface area contributed by atoms with Crippen LogP contribution in [0.2, 0.25) is 0 Å². The number of amides is 1. The van der Waals surface area contributed by atoms with E-state index in [2.05, 4.69) is 10.2 Å². The first-order chi connectivity index (χ1) is 14.1. The zero-order valence-electron chi connectivity index (χ0n) is 16.6. The third kappa shape index (κ3) is 4.59. The molecule has 152 valence electrons. The van der Waals surface area contributed by atoms with Crippen molar-refractivity contribution >= 4 is 17.8 Å². The average molecular weight is 396 g/mol. The number of ether oxygens (including phenoxy) is 3. The van der Waals surface area contributed by atoms with Crippen molar-refractivity contribution < 1.29 is 19.0 Å². The number of likely N-dealkylation sites (tertiary alicyclic amines) is 1. The highest BCUT2D eigenvalue weighted by Crippen LogP contribution is 2.32. The van der Waals surface area contributed by atoms with Gasteiger partial charge in [0.1, 0.15) is 6.10 Å². The molecule has 1 saturated heterocycles. The van der Waals surface area contributed by atoms with E-state index in [0.29, 0.717) is 18.2 Å². The minimum Gasteiger partial charge on any atom is -0.471 e. The molecule has 0 saturated carbocycles. The van der Waals surface area contributed by atoms with Crippen LogP contribution >= 0.6 is 0 Å².